The minimum absolute atomic E-state index is 0.311. The molecule has 1 unspecified atom stereocenters. The van der Waals surface area contributed by atoms with Gasteiger partial charge in [-0.25, -0.2) is 4.79 Å². The van der Waals surface area contributed by atoms with E-state index in [1.165, 1.54) is 12.8 Å². The first kappa shape index (κ1) is 12.1. The van der Waals surface area contributed by atoms with E-state index in [9.17, 15) is 4.79 Å². The molecule has 1 aliphatic heterocycles. The minimum atomic E-state index is -0.896. The van der Waals surface area contributed by atoms with E-state index < -0.39 is 5.97 Å². The van der Waals surface area contributed by atoms with E-state index in [2.05, 4.69) is 5.32 Å². The topological polar surface area (TPSA) is 58.6 Å². The lowest BCUT2D eigenvalue weighted by molar-refractivity contribution is 0.0696. The molecule has 2 rings (SSSR count). The summed E-state index contributed by atoms with van der Waals surface area (Å²) in [7, 11) is 0. The van der Waals surface area contributed by atoms with Crippen LogP contribution in [0.4, 0.5) is 0 Å². The van der Waals surface area contributed by atoms with Gasteiger partial charge in [-0.05, 0) is 37.1 Å². The molecule has 1 aromatic carbocycles. The molecular weight excluding hydrogens is 218 g/mol. The lowest BCUT2D eigenvalue weighted by Crippen LogP contribution is -2.26. The Kier molecular flexibility index (Phi) is 4.12. The van der Waals surface area contributed by atoms with Gasteiger partial charge in [-0.1, -0.05) is 12.1 Å². The average molecular weight is 235 g/mol. The third-order valence-electron chi connectivity index (χ3n) is 2.95. The van der Waals surface area contributed by atoms with Crippen LogP contribution in [0.15, 0.2) is 24.3 Å². The van der Waals surface area contributed by atoms with E-state index >= 15 is 0 Å². The summed E-state index contributed by atoms with van der Waals surface area (Å²) < 4.78 is 5.59. The van der Waals surface area contributed by atoms with Crippen molar-refractivity contribution in [1.82, 2.24) is 5.32 Å². The first-order valence-electron chi connectivity index (χ1n) is 5.89. The molecule has 0 aliphatic carbocycles. The molecule has 2 N–H and O–H groups in total. The van der Waals surface area contributed by atoms with Gasteiger partial charge in [0.25, 0.3) is 0 Å². The summed E-state index contributed by atoms with van der Waals surface area (Å²) in [5.74, 6) is -0.896. The highest BCUT2D eigenvalue weighted by atomic mass is 16.5. The Morgan fingerprint density at radius 2 is 2.18 bits per heavy atom. The molecule has 0 aromatic heterocycles. The van der Waals surface area contributed by atoms with Crippen molar-refractivity contribution in [2.75, 3.05) is 13.2 Å². The van der Waals surface area contributed by atoms with E-state index in [1.807, 2.05) is 0 Å². The van der Waals surface area contributed by atoms with Crippen LogP contribution < -0.4 is 5.32 Å². The zero-order valence-electron chi connectivity index (χ0n) is 9.69. The normalized spacial score (nSPS) is 19.4. The highest BCUT2D eigenvalue weighted by molar-refractivity contribution is 5.87. The predicted molar refractivity (Wildman–Crippen MR) is 64.1 cm³/mol. The Morgan fingerprint density at radius 1 is 1.41 bits per heavy atom. The van der Waals surface area contributed by atoms with Crippen LogP contribution in [-0.2, 0) is 11.3 Å². The number of benzene rings is 1. The Labute approximate surface area is 101 Å². The van der Waals surface area contributed by atoms with Gasteiger partial charge < -0.3 is 15.2 Å². The van der Waals surface area contributed by atoms with Crippen molar-refractivity contribution in [3.05, 3.63) is 35.4 Å². The number of ether oxygens (including phenoxy) is 1. The molecule has 4 heteroatoms. The molecule has 0 spiro atoms. The molecule has 0 saturated carbocycles. The SMILES string of the molecule is O=C(O)c1ccc(COCC2CCCN2)cc1. The van der Waals surface area contributed by atoms with Crippen molar-refractivity contribution >= 4 is 5.97 Å². The van der Waals surface area contributed by atoms with Crippen molar-refractivity contribution < 1.29 is 14.6 Å². The molecule has 1 atom stereocenters. The standard InChI is InChI=1S/C13H17NO3/c15-13(16)11-5-3-10(4-6-11)8-17-9-12-2-1-7-14-12/h3-6,12,14H,1-2,7-9H2,(H,15,16). The number of carboxylic acids is 1. The fourth-order valence-electron chi connectivity index (χ4n) is 1.96. The van der Waals surface area contributed by atoms with Crippen molar-refractivity contribution in [3.63, 3.8) is 0 Å². The third-order valence-corrected chi connectivity index (χ3v) is 2.95. The molecule has 1 aliphatic rings. The van der Waals surface area contributed by atoms with Crippen molar-refractivity contribution in [2.45, 2.75) is 25.5 Å². The maximum absolute atomic E-state index is 10.7. The summed E-state index contributed by atoms with van der Waals surface area (Å²) >= 11 is 0. The Bertz CT molecular complexity index is 369. The molecule has 1 saturated heterocycles. The molecule has 17 heavy (non-hydrogen) atoms. The summed E-state index contributed by atoms with van der Waals surface area (Å²) in [5.41, 5.74) is 1.32. The second-order valence-electron chi connectivity index (χ2n) is 4.31. The van der Waals surface area contributed by atoms with E-state index in [0.29, 0.717) is 18.2 Å². The first-order chi connectivity index (χ1) is 8.25. The Hall–Kier alpha value is -1.39. The van der Waals surface area contributed by atoms with Crippen molar-refractivity contribution in [1.29, 1.82) is 0 Å². The van der Waals surface area contributed by atoms with Crippen molar-refractivity contribution in [3.8, 4) is 0 Å². The Balaban J connectivity index is 1.76. The van der Waals surface area contributed by atoms with Crippen LogP contribution in [0.3, 0.4) is 0 Å². The average Bonchev–Trinajstić information content (AvgIpc) is 2.83. The summed E-state index contributed by atoms with van der Waals surface area (Å²) in [6, 6.07) is 7.29. The maximum Gasteiger partial charge on any atom is 0.335 e. The van der Waals surface area contributed by atoms with Gasteiger partial charge in [-0.15, -0.1) is 0 Å². The zero-order valence-corrected chi connectivity index (χ0v) is 9.69. The maximum atomic E-state index is 10.7. The number of aromatic carboxylic acids is 1. The van der Waals surface area contributed by atoms with Crippen LogP contribution in [0.1, 0.15) is 28.8 Å². The fourth-order valence-corrected chi connectivity index (χ4v) is 1.96. The minimum Gasteiger partial charge on any atom is -0.478 e. The summed E-state index contributed by atoms with van der Waals surface area (Å²) in [4.78, 5) is 10.7. The fraction of sp³-hybridized carbons (Fsp3) is 0.462. The highest BCUT2D eigenvalue weighted by Crippen LogP contribution is 2.08. The lowest BCUT2D eigenvalue weighted by Gasteiger charge is -2.10. The Morgan fingerprint density at radius 3 is 2.76 bits per heavy atom. The number of nitrogens with one attached hydrogen (secondary N) is 1. The number of hydrogen-bond acceptors (Lipinski definition) is 3. The number of hydrogen-bond donors (Lipinski definition) is 2. The van der Waals surface area contributed by atoms with Crippen LogP contribution >= 0.6 is 0 Å². The molecule has 1 aromatic rings. The zero-order chi connectivity index (χ0) is 12.1. The summed E-state index contributed by atoms with van der Waals surface area (Å²) in [6.45, 7) is 2.35. The largest absolute Gasteiger partial charge is 0.478 e. The van der Waals surface area contributed by atoms with Crippen LogP contribution in [0.25, 0.3) is 0 Å². The second-order valence-corrected chi connectivity index (χ2v) is 4.31. The lowest BCUT2D eigenvalue weighted by atomic mass is 10.1. The quantitative estimate of drug-likeness (QED) is 0.814. The van der Waals surface area contributed by atoms with Crippen molar-refractivity contribution in [2.24, 2.45) is 0 Å². The van der Waals surface area contributed by atoms with E-state index in [1.54, 1.807) is 24.3 Å². The highest BCUT2D eigenvalue weighted by Gasteiger charge is 2.13. The molecule has 0 bridgehead atoms. The summed E-state index contributed by atoms with van der Waals surface area (Å²) in [6.07, 6.45) is 2.40. The van der Waals surface area contributed by atoms with Crippen LogP contribution in [0.5, 0.6) is 0 Å². The smallest absolute Gasteiger partial charge is 0.335 e. The number of carboxylic acid groups (broad SMARTS) is 1. The summed E-state index contributed by atoms with van der Waals surface area (Å²) in [5, 5.41) is 12.1. The monoisotopic (exact) mass is 235 g/mol. The van der Waals surface area contributed by atoms with E-state index in [4.69, 9.17) is 9.84 Å². The molecule has 0 radical (unpaired) electrons. The number of carbonyl (C=O) groups is 1. The van der Waals surface area contributed by atoms with Gasteiger partial charge in [0, 0.05) is 6.04 Å². The van der Waals surface area contributed by atoms with Gasteiger partial charge in [0.1, 0.15) is 0 Å². The van der Waals surface area contributed by atoms with Gasteiger partial charge in [-0.3, -0.25) is 0 Å². The van der Waals surface area contributed by atoms with Gasteiger partial charge in [0.05, 0.1) is 18.8 Å². The molecule has 1 fully saturated rings. The molecule has 1 heterocycles. The molecule has 4 nitrogen and oxygen atoms in total. The van der Waals surface area contributed by atoms with Crippen LogP contribution in [-0.4, -0.2) is 30.3 Å². The third kappa shape index (κ3) is 3.54. The van der Waals surface area contributed by atoms with Gasteiger partial charge in [0.2, 0.25) is 0 Å². The predicted octanol–water partition coefficient (Wildman–Crippen LogP) is 1.65. The van der Waals surface area contributed by atoms with Crippen LogP contribution in [0.2, 0.25) is 0 Å². The number of rotatable bonds is 5. The van der Waals surface area contributed by atoms with Gasteiger partial charge in [0.15, 0.2) is 0 Å². The second kappa shape index (κ2) is 5.80. The van der Waals surface area contributed by atoms with E-state index in [-0.39, 0.29) is 0 Å². The molecule has 0 amide bonds. The molecular formula is C13H17NO3. The van der Waals surface area contributed by atoms with Gasteiger partial charge >= 0.3 is 5.97 Å². The molecule has 92 valence electrons. The van der Waals surface area contributed by atoms with Gasteiger partial charge in [-0.2, -0.15) is 0 Å². The van der Waals surface area contributed by atoms with E-state index in [0.717, 1.165) is 18.7 Å². The first-order valence-corrected chi connectivity index (χ1v) is 5.89. The van der Waals surface area contributed by atoms with Crippen LogP contribution in [0, 0.1) is 0 Å².